The Balaban J connectivity index is 2.06. The highest BCUT2D eigenvalue weighted by Crippen LogP contribution is 2.30. The number of ether oxygens (including phenoxy) is 2. The Bertz CT molecular complexity index is 477. The summed E-state index contributed by atoms with van der Waals surface area (Å²) in [7, 11) is 1.67. The first-order valence-electron chi connectivity index (χ1n) is 6.74. The van der Waals surface area contributed by atoms with E-state index in [9.17, 15) is 4.79 Å². The molecule has 0 saturated heterocycles. The first kappa shape index (κ1) is 13.7. The zero-order valence-electron chi connectivity index (χ0n) is 11.5. The number of methoxy groups -OCH3 is 1. The van der Waals surface area contributed by atoms with Crippen molar-refractivity contribution in [1.82, 2.24) is 0 Å². The standard InChI is InChI=1S/C16H20O3/c1-3-19-16(17)15-9-5-7-13(15)10-12-6-4-8-14(11-12)18-2/h4,6,8-9,11,13H,3,5,7,10H2,1-2H3. The molecule has 0 heterocycles. The maximum Gasteiger partial charge on any atom is 0.333 e. The van der Waals surface area contributed by atoms with Crippen LogP contribution in [0, 0.1) is 5.92 Å². The second kappa shape index (κ2) is 6.41. The Labute approximate surface area is 114 Å². The predicted molar refractivity (Wildman–Crippen MR) is 74.1 cm³/mol. The van der Waals surface area contributed by atoms with Gasteiger partial charge in [0.05, 0.1) is 13.7 Å². The minimum Gasteiger partial charge on any atom is -0.497 e. The van der Waals surface area contributed by atoms with Crippen LogP contribution in [0.15, 0.2) is 35.9 Å². The summed E-state index contributed by atoms with van der Waals surface area (Å²) in [5.41, 5.74) is 2.03. The van der Waals surface area contributed by atoms with E-state index in [4.69, 9.17) is 9.47 Å². The lowest BCUT2D eigenvalue weighted by atomic mass is 9.93. The van der Waals surface area contributed by atoms with Gasteiger partial charge in [0.2, 0.25) is 0 Å². The van der Waals surface area contributed by atoms with Crippen LogP contribution in [0.2, 0.25) is 0 Å². The van der Waals surface area contributed by atoms with Crippen LogP contribution < -0.4 is 4.74 Å². The van der Waals surface area contributed by atoms with Gasteiger partial charge in [-0.1, -0.05) is 18.2 Å². The first-order valence-corrected chi connectivity index (χ1v) is 6.74. The van der Waals surface area contributed by atoms with Crippen LogP contribution >= 0.6 is 0 Å². The van der Waals surface area contributed by atoms with Crippen molar-refractivity contribution in [1.29, 1.82) is 0 Å². The van der Waals surface area contributed by atoms with Gasteiger partial charge in [0, 0.05) is 5.57 Å². The molecule has 1 unspecified atom stereocenters. The van der Waals surface area contributed by atoms with Gasteiger partial charge >= 0.3 is 5.97 Å². The molecule has 2 rings (SSSR count). The van der Waals surface area contributed by atoms with Gasteiger partial charge in [-0.2, -0.15) is 0 Å². The summed E-state index contributed by atoms with van der Waals surface area (Å²) in [5.74, 6) is 0.969. The molecular formula is C16H20O3. The molecular weight excluding hydrogens is 240 g/mol. The minimum absolute atomic E-state index is 0.159. The van der Waals surface area contributed by atoms with Gasteiger partial charge in [-0.25, -0.2) is 4.79 Å². The number of carbonyl (C=O) groups is 1. The van der Waals surface area contributed by atoms with E-state index >= 15 is 0 Å². The van der Waals surface area contributed by atoms with Gasteiger partial charge < -0.3 is 9.47 Å². The summed E-state index contributed by atoms with van der Waals surface area (Å²) in [4.78, 5) is 11.9. The molecule has 1 atom stereocenters. The first-order chi connectivity index (χ1) is 9.24. The topological polar surface area (TPSA) is 35.5 Å². The molecule has 0 bridgehead atoms. The Morgan fingerprint density at radius 3 is 3.00 bits per heavy atom. The van der Waals surface area contributed by atoms with E-state index in [1.54, 1.807) is 7.11 Å². The van der Waals surface area contributed by atoms with Crippen molar-refractivity contribution in [3.05, 3.63) is 41.5 Å². The number of esters is 1. The molecule has 0 saturated carbocycles. The highest BCUT2D eigenvalue weighted by molar-refractivity contribution is 5.89. The molecule has 0 aromatic heterocycles. The number of benzene rings is 1. The lowest BCUT2D eigenvalue weighted by Gasteiger charge is -2.14. The molecule has 0 fully saturated rings. The van der Waals surface area contributed by atoms with Gasteiger partial charge in [-0.05, 0) is 49.8 Å². The average molecular weight is 260 g/mol. The third-order valence-electron chi connectivity index (χ3n) is 3.45. The van der Waals surface area contributed by atoms with Gasteiger partial charge in [0.25, 0.3) is 0 Å². The SMILES string of the molecule is CCOC(=O)C1=CCCC1Cc1cccc(OC)c1. The van der Waals surface area contributed by atoms with E-state index in [1.807, 2.05) is 31.2 Å². The summed E-state index contributed by atoms with van der Waals surface area (Å²) in [6, 6.07) is 8.02. The van der Waals surface area contributed by atoms with Crippen LogP contribution in [0.4, 0.5) is 0 Å². The highest BCUT2D eigenvalue weighted by atomic mass is 16.5. The van der Waals surface area contributed by atoms with Gasteiger partial charge in [0.15, 0.2) is 0 Å². The summed E-state index contributed by atoms with van der Waals surface area (Å²) in [6.45, 7) is 2.27. The molecule has 3 nitrogen and oxygen atoms in total. The van der Waals surface area contributed by atoms with Crippen LogP contribution in [0.5, 0.6) is 5.75 Å². The van der Waals surface area contributed by atoms with Crippen LogP contribution in [0.1, 0.15) is 25.3 Å². The molecule has 19 heavy (non-hydrogen) atoms. The zero-order valence-corrected chi connectivity index (χ0v) is 11.5. The number of carbonyl (C=O) groups excluding carboxylic acids is 1. The summed E-state index contributed by atoms with van der Waals surface area (Å²) < 4.78 is 10.3. The van der Waals surface area contributed by atoms with E-state index < -0.39 is 0 Å². The largest absolute Gasteiger partial charge is 0.497 e. The van der Waals surface area contributed by atoms with Gasteiger partial charge in [-0.3, -0.25) is 0 Å². The zero-order chi connectivity index (χ0) is 13.7. The van der Waals surface area contributed by atoms with E-state index in [2.05, 4.69) is 6.07 Å². The van der Waals surface area contributed by atoms with Crippen molar-refractivity contribution in [2.24, 2.45) is 5.92 Å². The average Bonchev–Trinajstić information content (AvgIpc) is 2.87. The molecule has 1 aliphatic carbocycles. The van der Waals surface area contributed by atoms with E-state index in [0.717, 1.165) is 30.6 Å². The molecule has 3 heteroatoms. The summed E-state index contributed by atoms with van der Waals surface area (Å²) >= 11 is 0. The second-order valence-electron chi connectivity index (χ2n) is 4.71. The van der Waals surface area contributed by atoms with Crippen LogP contribution in [-0.4, -0.2) is 19.7 Å². The van der Waals surface area contributed by atoms with Crippen molar-refractivity contribution >= 4 is 5.97 Å². The number of allylic oxidation sites excluding steroid dienone is 1. The Hall–Kier alpha value is -1.77. The predicted octanol–water partition coefficient (Wildman–Crippen LogP) is 3.14. The summed E-state index contributed by atoms with van der Waals surface area (Å²) in [5, 5.41) is 0. The molecule has 102 valence electrons. The van der Waals surface area contributed by atoms with Crippen LogP contribution in [0.25, 0.3) is 0 Å². The normalized spacial score (nSPS) is 18.0. The number of hydrogen-bond donors (Lipinski definition) is 0. The molecule has 1 aliphatic rings. The maximum atomic E-state index is 11.9. The van der Waals surface area contributed by atoms with Crippen molar-refractivity contribution in [3.63, 3.8) is 0 Å². The van der Waals surface area contributed by atoms with Crippen molar-refractivity contribution in [3.8, 4) is 5.75 Å². The van der Waals surface area contributed by atoms with Crippen molar-refractivity contribution < 1.29 is 14.3 Å². The number of rotatable bonds is 5. The smallest absolute Gasteiger partial charge is 0.333 e. The fraction of sp³-hybridized carbons (Fsp3) is 0.438. The van der Waals surface area contributed by atoms with E-state index in [1.165, 1.54) is 5.56 Å². The van der Waals surface area contributed by atoms with Crippen molar-refractivity contribution in [2.75, 3.05) is 13.7 Å². The van der Waals surface area contributed by atoms with Crippen molar-refractivity contribution in [2.45, 2.75) is 26.2 Å². The molecule has 1 aromatic carbocycles. The molecule has 0 N–H and O–H groups in total. The van der Waals surface area contributed by atoms with Gasteiger partial charge in [0.1, 0.15) is 5.75 Å². The number of hydrogen-bond acceptors (Lipinski definition) is 3. The fourth-order valence-electron chi connectivity index (χ4n) is 2.52. The Kier molecular flexibility index (Phi) is 4.61. The maximum absolute atomic E-state index is 11.9. The van der Waals surface area contributed by atoms with E-state index in [0.29, 0.717) is 6.61 Å². The lowest BCUT2D eigenvalue weighted by molar-refractivity contribution is -0.139. The monoisotopic (exact) mass is 260 g/mol. The second-order valence-corrected chi connectivity index (χ2v) is 4.71. The lowest BCUT2D eigenvalue weighted by Crippen LogP contribution is -2.15. The molecule has 0 amide bonds. The van der Waals surface area contributed by atoms with Gasteiger partial charge in [-0.15, -0.1) is 0 Å². The molecule has 0 aliphatic heterocycles. The molecule has 0 radical (unpaired) electrons. The Morgan fingerprint density at radius 1 is 1.42 bits per heavy atom. The Morgan fingerprint density at radius 2 is 2.26 bits per heavy atom. The fourth-order valence-corrected chi connectivity index (χ4v) is 2.52. The summed E-state index contributed by atoms with van der Waals surface area (Å²) in [6.07, 6.45) is 4.86. The minimum atomic E-state index is -0.159. The quantitative estimate of drug-likeness (QED) is 0.763. The van der Waals surface area contributed by atoms with E-state index in [-0.39, 0.29) is 11.9 Å². The third-order valence-corrected chi connectivity index (χ3v) is 3.45. The van der Waals surface area contributed by atoms with Crippen LogP contribution in [-0.2, 0) is 16.0 Å². The van der Waals surface area contributed by atoms with Crippen LogP contribution in [0.3, 0.4) is 0 Å². The molecule has 0 spiro atoms. The highest BCUT2D eigenvalue weighted by Gasteiger charge is 2.26. The molecule has 1 aromatic rings. The third kappa shape index (κ3) is 3.37.